The van der Waals surface area contributed by atoms with Crippen molar-refractivity contribution in [1.82, 2.24) is 0 Å². The van der Waals surface area contributed by atoms with Crippen LogP contribution in [0.1, 0.15) is 10.4 Å². The summed E-state index contributed by atoms with van der Waals surface area (Å²) in [5.74, 6) is -1.29. The van der Waals surface area contributed by atoms with Gasteiger partial charge in [-0.1, -0.05) is 0 Å². The van der Waals surface area contributed by atoms with Gasteiger partial charge < -0.3 is 9.84 Å². The number of aliphatic carboxylic acids is 1. The van der Waals surface area contributed by atoms with Gasteiger partial charge in [-0.3, -0.25) is 4.79 Å². The summed E-state index contributed by atoms with van der Waals surface area (Å²) in [6, 6.07) is 1.73. The average molecular weight is 226 g/mol. The predicted octanol–water partition coefficient (Wildman–Crippen LogP) is 1.56. The lowest BCUT2D eigenvalue weighted by Gasteiger charge is -1.88. The minimum atomic E-state index is -0.861. The lowest BCUT2D eigenvalue weighted by Crippen LogP contribution is -1.97. The number of esters is 1. The van der Waals surface area contributed by atoms with Crippen molar-refractivity contribution in [2.24, 2.45) is 0 Å². The van der Waals surface area contributed by atoms with E-state index in [1.54, 1.807) is 17.5 Å². The largest absolute Gasteiger partial charge is 0.481 e. The van der Waals surface area contributed by atoms with E-state index in [9.17, 15) is 9.59 Å². The number of carboxylic acid groups (broad SMARTS) is 1. The van der Waals surface area contributed by atoms with Crippen molar-refractivity contribution in [2.45, 2.75) is 6.42 Å². The first kappa shape index (κ1) is 11.5. The third-order valence-electron chi connectivity index (χ3n) is 1.61. The van der Waals surface area contributed by atoms with Gasteiger partial charge in [-0.05, 0) is 23.1 Å². The van der Waals surface area contributed by atoms with E-state index in [-0.39, 0.29) is 6.42 Å². The number of hydrogen-bond acceptors (Lipinski definition) is 4. The highest BCUT2D eigenvalue weighted by atomic mass is 32.1. The average Bonchev–Trinajstić information content (AvgIpc) is 2.61. The van der Waals surface area contributed by atoms with Crippen molar-refractivity contribution >= 4 is 29.4 Å². The lowest BCUT2D eigenvalue weighted by molar-refractivity contribution is -0.136. The van der Waals surface area contributed by atoms with Crippen LogP contribution in [0.5, 0.6) is 0 Å². The molecule has 4 nitrogen and oxygen atoms in total. The molecule has 0 unspecified atom stereocenters. The van der Waals surface area contributed by atoms with Crippen LogP contribution in [0.4, 0.5) is 0 Å². The number of thiophene rings is 1. The molecule has 0 amide bonds. The van der Waals surface area contributed by atoms with Gasteiger partial charge in [-0.25, -0.2) is 4.79 Å². The number of carboxylic acids is 1. The van der Waals surface area contributed by atoms with E-state index < -0.39 is 11.9 Å². The quantitative estimate of drug-likeness (QED) is 0.625. The van der Waals surface area contributed by atoms with Crippen molar-refractivity contribution < 1.29 is 19.4 Å². The summed E-state index contributed by atoms with van der Waals surface area (Å²) < 4.78 is 4.43. The topological polar surface area (TPSA) is 63.6 Å². The summed E-state index contributed by atoms with van der Waals surface area (Å²) in [7, 11) is 1.30. The highest BCUT2D eigenvalue weighted by Gasteiger charge is 2.03. The van der Waals surface area contributed by atoms with Gasteiger partial charge in [-0.2, -0.15) is 0 Å². The van der Waals surface area contributed by atoms with Crippen molar-refractivity contribution in [3.05, 3.63) is 28.0 Å². The maximum atomic E-state index is 10.8. The Labute approximate surface area is 90.8 Å². The van der Waals surface area contributed by atoms with Gasteiger partial charge in [0.2, 0.25) is 0 Å². The zero-order chi connectivity index (χ0) is 11.3. The highest BCUT2D eigenvalue weighted by molar-refractivity contribution is 7.10. The molecule has 0 aromatic carbocycles. The predicted molar refractivity (Wildman–Crippen MR) is 56.7 cm³/mol. The van der Waals surface area contributed by atoms with E-state index in [0.717, 1.165) is 10.4 Å². The van der Waals surface area contributed by atoms with Crippen LogP contribution >= 0.6 is 11.3 Å². The zero-order valence-corrected chi connectivity index (χ0v) is 8.91. The molecular formula is C10H10O4S. The molecule has 0 aliphatic heterocycles. The fraction of sp³-hybridized carbons (Fsp3) is 0.200. The molecule has 0 aliphatic carbocycles. The second-order valence-electron chi connectivity index (χ2n) is 2.77. The number of carbonyl (C=O) groups excluding carboxylic acids is 1. The Balaban J connectivity index is 2.64. The Morgan fingerprint density at radius 3 is 2.93 bits per heavy atom. The van der Waals surface area contributed by atoms with Gasteiger partial charge in [-0.15, -0.1) is 11.3 Å². The molecule has 0 aliphatic rings. The number of rotatable bonds is 4. The van der Waals surface area contributed by atoms with E-state index in [2.05, 4.69) is 4.74 Å². The fourth-order valence-electron chi connectivity index (χ4n) is 0.959. The fourth-order valence-corrected chi connectivity index (χ4v) is 1.80. The molecule has 1 N–H and O–H groups in total. The van der Waals surface area contributed by atoms with Crippen molar-refractivity contribution in [3.8, 4) is 0 Å². The monoisotopic (exact) mass is 226 g/mol. The molecule has 1 aromatic rings. The molecule has 5 heteroatoms. The second-order valence-corrected chi connectivity index (χ2v) is 3.77. The number of carbonyl (C=O) groups is 2. The lowest BCUT2D eigenvalue weighted by atomic mass is 10.2. The first-order chi connectivity index (χ1) is 7.11. The SMILES string of the molecule is COC(=O)C=Cc1csc(CC(=O)O)c1. The van der Waals surface area contributed by atoms with Crippen LogP contribution < -0.4 is 0 Å². The summed E-state index contributed by atoms with van der Waals surface area (Å²) in [6.45, 7) is 0. The van der Waals surface area contributed by atoms with E-state index >= 15 is 0 Å². The Hall–Kier alpha value is -1.62. The Morgan fingerprint density at radius 1 is 1.60 bits per heavy atom. The number of hydrogen-bond donors (Lipinski definition) is 1. The van der Waals surface area contributed by atoms with Crippen molar-refractivity contribution in [3.63, 3.8) is 0 Å². The highest BCUT2D eigenvalue weighted by Crippen LogP contribution is 2.16. The summed E-state index contributed by atoms with van der Waals surface area (Å²) in [4.78, 5) is 21.9. The molecule has 0 bridgehead atoms. The third-order valence-corrected chi connectivity index (χ3v) is 2.57. The van der Waals surface area contributed by atoms with E-state index in [1.807, 2.05) is 0 Å². The second kappa shape index (κ2) is 5.31. The molecule has 1 heterocycles. The summed E-state index contributed by atoms with van der Waals surface area (Å²) in [5.41, 5.74) is 0.807. The van der Waals surface area contributed by atoms with E-state index in [0.29, 0.717) is 0 Å². The van der Waals surface area contributed by atoms with Crippen LogP contribution in [0.3, 0.4) is 0 Å². The van der Waals surface area contributed by atoms with Gasteiger partial charge in [0.15, 0.2) is 0 Å². The van der Waals surface area contributed by atoms with Gasteiger partial charge >= 0.3 is 11.9 Å². The third kappa shape index (κ3) is 3.95. The maximum Gasteiger partial charge on any atom is 0.330 e. The van der Waals surface area contributed by atoms with Crippen LogP contribution in [0.25, 0.3) is 6.08 Å². The van der Waals surface area contributed by atoms with E-state index in [4.69, 9.17) is 5.11 Å². The molecular weight excluding hydrogens is 216 g/mol. The van der Waals surface area contributed by atoms with Crippen LogP contribution in [-0.2, 0) is 20.7 Å². The number of ether oxygens (including phenoxy) is 1. The first-order valence-corrected chi connectivity index (χ1v) is 5.05. The Morgan fingerprint density at radius 2 is 2.33 bits per heavy atom. The zero-order valence-electron chi connectivity index (χ0n) is 8.10. The molecule has 0 spiro atoms. The minimum Gasteiger partial charge on any atom is -0.481 e. The van der Waals surface area contributed by atoms with Crippen LogP contribution in [0.2, 0.25) is 0 Å². The normalized spacial score (nSPS) is 10.5. The summed E-state index contributed by atoms with van der Waals surface area (Å²) in [6.07, 6.45) is 2.90. The summed E-state index contributed by atoms with van der Waals surface area (Å²) in [5, 5.41) is 10.3. The van der Waals surface area contributed by atoms with Crippen LogP contribution in [-0.4, -0.2) is 24.2 Å². The Bertz CT molecular complexity index is 392. The molecule has 15 heavy (non-hydrogen) atoms. The molecule has 0 fully saturated rings. The number of methoxy groups -OCH3 is 1. The van der Waals surface area contributed by atoms with Gasteiger partial charge in [0.05, 0.1) is 13.5 Å². The summed E-state index contributed by atoms with van der Waals surface area (Å²) >= 11 is 1.35. The Kier molecular flexibility index (Phi) is 4.05. The van der Waals surface area contributed by atoms with Crippen LogP contribution in [0.15, 0.2) is 17.5 Å². The molecule has 80 valence electrons. The van der Waals surface area contributed by atoms with Gasteiger partial charge in [0.25, 0.3) is 0 Å². The van der Waals surface area contributed by atoms with Crippen molar-refractivity contribution in [1.29, 1.82) is 0 Å². The molecule has 1 rings (SSSR count). The molecule has 0 radical (unpaired) electrons. The maximum absolute atomic E-state index is 10.8. The van der Waals surface area contributed by atoms with Crippen molar-refractivity contribution in [2.75, 3.05) is 7.11 Å². The standard InChI is InChI=1S/C10H10O4S/c1-14-10(13)3-2-7-4-8(15-6-7)5-9(11)12/h2-4,6H,5H2,1H3,(H,11,12). The molecule has 0 saturated carbocycles. The minimum absolute atomic E-state index is 0.0106. The van der Waals surface area contributed by atoms with Crippen LogP contribution in [0, 0.1) is 0 Å². The van der Waals surface area contributed by atoms with Gasteiger partial charge in [0, 0.05) is 11.0 Å². The first-order valence-electron chi connectivity index (χ1n) is 4.17. The molecule has 0 atom stereocenters. The van der Waals surface area contributed by atoms with Gasteiger partial charge in [0.1, 0.15) is 0 Å². The van der Waals surface area contributed by atoms with E-state index in [1.165, 1.54) is 24.5 Å². The molecule has 1 aromatic heterocycles. The molecule has 0 saturated heterocycles. The smallest absolute Gasteiger partial charge is 0.330 e.